The Labute approximate surface area is 136 Å². The van der Waals surface area contributed by atoms with E-state index in [9.17, 15) is 4.79 Å². The molecule has 3 rings (SSSR count). The first kappa shape index (κ1) is 15.4. The number of benzene rings is 2. The molecule has 0 saturated heterocycles. The number of rotatable bonds is 5. The normalized spacial score (nSPS) is 17.3. The predicted molar refractivity (Wildman–Crippen MR) is 88.8 cm³/mol. The zero-order chi connectivity index (χ0) is 16.1. The largest absolute Gasteiger partial charge is 0.486 e. The summed E-state index contributed by atoms with van der Waals surface area (Å²) < 4.78 is 11.5. The Bertz CT molecular complexity index is 657. The summed E-state index contributed by atoms with van der Waals surface area (Å²) in [5.74, 6) is 1.38. The van der Waals surface area contributed by atoms with Gasteiger partial charge in [-0.05, 0) is 24.1 Å². The van der Waals surface area contributed by atoms with Gasteiger partial charge < -0.3 is 14.8 Å². The predicted octanol–water partition coefficient (Wildman–Crippen LogP) is 3.14. The van der Waals surface area contributed by atoms with Gasteiger partial charge in [-0.3, -0.25) is 4.79 Å². The first-order valence-corrected chi connectivity index (χ1v) is 7.99. The molecule has 0 saturated carbocycles. The van der Waals surface area contributed by atoms with Gasteiger partial charge in [-0.2, -0.15) is 0 Å². The van der Waals surface area contributed by atoms with E-state index in [1.165, 1.54) is 0 Å². The van der Waals surface area contributed by atoms with E-state index in [0.717, 1.165) is 23.5 Å². The number of nitrogens with one attached hydrogen (secondary N) is 1. The molecular formula is C19H21NO3. The first-order valence-electron chi connectivity index (χ1n) is 7.99. The third-order valence-electron chi connectivity index (χ3n) is 4.00. The van der Waals surface area contributed by atoms with E-state index in [2.05, 4.69) is 5.32 Å². The highest BCUT2D eigenvalue weighted by Gasteiger charge is 2.23. The van der Waals surface area contributed by atoms with Crippen molar-refractivity contribution in [3.05, 3.63) is 60.2 Å². The monoisotopic (exact) mass is 311 g/mol. The van der Waals surface area contributed by atoms with Crippen LogP contribution in [0.25, 0.3) is 0 Å². The van der Waals surface area contributed by atoms with Gasteiger partial charge in [0.2, 0.25) is 5.91 Å². The average molecular weight is 311 g/mol. The smallest absolute Gasteiger partial charge is 0.227 e. The molecule has 1 N–H and O–H groups in total. The van der Waals surface area contributed by atoms with Gasteiger partial charge in [0.05, 0.1) is 12.5 Å². The summed E-state index contributed by atoms with van der Waals surface area (Å²) in [5.41, 5.74) is 1.04. The summed E-state index contributed by atoms with van der Waals surface area (Å²) in [6.07, 6.45) is 0.600. The number of hydrogen-bond donors (Lipinski definition) is 1. The molecule has 1 heterocycles. The number of ether oxygens (including phenoxy) is 2. The van der Waals surface area contributed by atoms with Gasteiger partial charge in [0, 0.05) is 0 Å². The second kappa shape index (κ2) is 7.18. The highest BCUT2D eigenvalue weighted by molar-refractivity contribution is 5.83. The second-order valence-corrected chi connectivity index (χ2v) is 5.61. The van der Waals surface area contributed by atoms with Gasteiger partial charge in [0.1, 0.15) is 12.7 Å². The molecule has 1 amide bonds. The number of carbonyl (C=O) groups excluding carboxylic acids is 1. The lowest BCUT2D eigenvalue weighted by molar-refractivity contribution is -0.123. The number of fused-ring (bicyclic) bond motifs is 1. The topological polar surface area (TPSA) is 47.6 Å². The van der Waals surface area contributed by atoms with E-state index in [1.54, 1.807) is 0 Å². The maximum atomic E-state index is 12.5. The highest BCUT2D eigenvalue weighted by atomic mass is 16.6. The van der Waals surface area contributed by atoms with E-state index in [0.29, 0.717) is 13.2 Å². The number of carbonyl (C=O) groups is 1. The lowest BCUT2D eigenvalue weighted by atomic mass is 9.95. The van der Waals surface area contributed by atoms with Crippen molar-refractivity contribution >= 4 is 5.91 Å². The molecule has 2 atom stereocenters. The van der Waals surface area contributed by atoms with E-state index in [4.69, 9.17) is 9.47 Å². The lowest BCUT2D eigenvalue weighted by Gasteiger charge is -2.27. The molecular weight excluding hydrogens is 290 g/mol. The van der Waals surface area contributed by atoms with Crippen molar-refractivity contribution in [2.24, 2.45) is 0 Å². The molecule has 2 aromatic rings. The molecule has 0 aromatic heterocycles. The van der Waals surface area contributed by atoms with Crippen LogP contribution in [0.5, 0.6) is 11.5 Å². The molecule has 1 aliphatic rings. The molecule has 0 unspecified atom stereocenters. The average Bonchev–Trinajstić information content (AvgIpc) is 2.61. The van der Waals surface area contributed by atoms with E-state index >= 15 is 0 Å². The molecule has 0 bridgehead atoms. The van der Waals surface area contributed by atoms with E-state index in [-0.39, 0.29) is 17.9 Å². The van der Waals surface area contributed by atoms with Crippen LogP contribution in [0.1, 0.15) is 24.8 Å². The fourth-order valence-corrected chi connectivity index (χ4v) is 2.76. The molecule has 0 spiro atoms. The molecule has 1 aliphatic heterocycles. The zero-order valence-electron chi connectivity index (χ0n) is 13.2. The van der Waals surface area contributed by atoms with Crippen LogP contribution in [0.3, 0.4) is 0 Å². The molecule has 4 nitrogen and oxygen atoms in total. The minimum atomic E-state index is -0.165. The third kappa shape index (κ3) is 3.65. The van der Waals surface area contributed by atoms with Gasteiger partial charge in [0.15, 0.2) is 11.5 Å². The Balaban J connectivity index is 1.57. The molecule has 120 valence electrons. The van der Waals surface area contributed by atoms with Crippen LogP contribution in [-0.2, 0) is 4.79 Å². The Morgan fingerprint density at radius 2 is 1.83 bits per heavy atom. The molecule has 4 heteroatoms. The highest BCUT2D eigenvalue weighted by Crippen LogP contribution is 2.30. The third-order valence-corrected chi connectivity index (χ3v) is 4.00. The second-order valence-electron chi connectivity index (χ2n) is 5.61. The van der Waals surface area contributed by atoms with Gasteiger partial charge >= 0.3 is 0 Å². The minimum absolute atomic E-state index is 0.0289. The van der Waals surface area contributed by atoms with Crippen molar-refractivity contribution in [2.75, 3.05) is 13.2 Å². The van der Waals surface area contributed by atoms with Crippen molar-refractivity contribution in [1.29, 1.82) is 0 Å². The minimum Gasteiger partial charge on any atom is -0.486 e. The van der Waals surface area contributed by atoms with Crippen molar-refractivity contribution in [1.82, 2.24) is 5.32 Å². The van der Waals surface area contributed by atoms with Crippen LogP contribution >= 0.6 is 0 Å². The van der Waals surface area contributed by atoms with Crippen molar-refractivity contribution < 1.29 is 14.3 Å². The van der Waals surface area contributed by atoms with Crippen molar-refractivity contribution in [2.45, 2.75) is 25.4 Å². The summed E-state index contributed by atoms with van der Waals surface area (Å²) >= 11 is 0. The first-order chi connectivity index (χ1) is 11.3. The van der Waals surface area contributed by atoms with Crippen LogP contribution in [0.15, 0.2) is 54.6 Å². The molecule has 0 fully saturated rings. The molecule has 0 radical (unpaired) electrons. The van der Waals surface area contributed by atoms with Crippen LogP contribution in [-0.4, -0.2) is 25.2 Å². The quantitative estimate of drug-likeness (QED) is 0.923. The Hall–Kier alpha value is -2.49. The van der Waals surface area contributed by atoms with Crippen LogP contribution in [0, 0.1) is 0 Å². The zero-order valence-corrected chi connectivity index (χ0v) is 13.2. The SMILES string of the molecule is CC[C@@H](C(=O)NC[C@@H]1COc2ccccc2O1)c1ccccc1. The number of para-hydroxylation sites is 2. The Morgan fingerprint density at radius 1 is 1.13 bits per heavy atom. The number of hydrogen-bond acceptors (Lipinski definition) is 3. The molecule has 23 heavy (non-hydrogen) atoms. The fraction of sp³-hybridized carbons (Fsp3) is 0.316. The van der Waals surface area contributed by atoms with Crippen molar-refractivity contribution in [3.63, 3.8) is 0 Å². The Morgan fingerprint density at radius 3 is 2.57 bits per heavy atom. The Kier molecular flexibility index (Phi) is 4.81. The summed E-state index contributed by atoms with van der Waals surface area (Å²) in [4.78, 5) is 12.5. The van der Waals surface area contributed by atoms with Gasteiger partial charge in [-0.25, -0.2) is 0 Å². The van der Waals surface area contributed by atoms with Gasteiger partial charge in [-0.1, -0.05) is 49.4 Å². The summed E-state index contributed by atoms with van der Waals surface area (Å²) in [5, 5.41) is 2.99. The van der Waals surface area contributed by atoms with E-state index in [1.807, 2.05) is 61.5 Å². The number of amides is 1. The maximum Gasteiger partial charge on any atom is 0.227 e. The molecule has 2 aromatic carbocycles. The fourth-order valence-electron chi connectivity index (χ4n) is 2.76. The van der Waals surface area contributed by atoms with Crippen LogP contribution in [0.4, 0.5) is 0 Å². The summed E-state index contributed by atoms with van der Waals surface area (Å²) in [7, 11) is 0. The standard InChI is InChI=1S/C19H21NO3/c1-2-16(14-8-4-3-5-9-14)19(21)20-12-15-13-22-17-10-6-7-11-18(17)23-15/h3-11,15-16H,2,12-13H2,1H3,(H,20,21)/t15-,16-/m1/s1. The van der Waals surface area contributed by atoms with E-state index < -0.39 is 0 Å². The van der Waals surface area contributed by atoms with Gasteiger partial charge in [0.25, 0.3) is 0 Å². The van der Waals surface area contributed by atoms with Crippen molar-refractivity contribution in [3.8, 4) is 11.5 Å². The lowest BCUT2D eigenvalue weighted by Crippen LogP contribution is -2.42. The summed E-state index contributed by atoms with van der Waals surface area (Å²) in [6.45, 7) is 2.91. The molecule has 0 aliphatic carbocycles. The maximum absolute atomic E-state index is 12.5. The van der Waals surface area contributed by atoms with Gasteiger partial charge in [-0.15, -0.1) is 0 Å². The summed E-state index contributed by atoms with van der Waals surface area (Å²) in [6, 6.07) is 17.4. The van der Waals surface area contributed by atoms with Crippen LogP contribution in [0.2, 0.25) is 0 Å². The van der Waals surface area contributed by atoms with Crippen LogP contribution < -0.4 is 14.8 Å².